The summed E-state index contributed by atoms with van der Waals surface area (Å²) in [6, 6.07) is 13.3. The van der Waals surface area contributed by atoms with Crippen LogP contribution in [-0.4, -0.2) is 32.2 Å². The molecule has 1 N–H and O–H groups in total. The zero-order valence-electron chi connectivity index (χ0n) is 16.0. The highest BCUT2D eigenvalue weighted by Gasteiger charge is 2.11. The van der Waals surface area contributed by atoms with Gasteiger partial charge in [0.25, 0.3) is 0 Å². The van der Waals surface area contributed by atoms with E-state index in [1.165, 1.54) is 11.3 Å². The van der Waals surface area contributed by atoms with Gasteiger partial charge in [0.2, 0.25) is 5.91 Å². The number of aromatic nitrogens is 1. The van der Waals surface area contributed by atoms with Crippen LogP contribution in [0.5, 0.6) is 17.2 Å². The van der Waals surface area contributed by atoms with Gasteiger partial charge in [0.05, 0.1) is 27.0 Å². The van der Waals surface area contributed by atoms with Gasteiger partial charge in [-0.25, -0.2) is 4.98 Å². The Hall–Kier alpha value is -3.06. The lowest BCUT2D eigenvalue weighted by Crippen LogP contribution is -2.12. The predicted molar refractivity (Wildman–Crippen MR) is 111 cm³/mol. The lowest BCUT2D eigenvalue weighted by molar-refractivity contribution is -0.116. The Bertz CT molecular complexity index is 955. The van der Waals surface area contributed by atoms with E-state index in [2.05, 4.69) is 10.3 Å². The number of nitrogens with one attached hydrogen (secondary N) is 1. The summed E-state index contributed by atoms with van der Waals surface area (Å²) in [7, 11) is 4.82. The number of hydrogen-bond donors (Lipinski definition) is 1. The maximum absolute atomic E-state index is 12.3. The summed E-state index contributed by atoms with van der Waals surface area (Å²) in [5.41, 5.74) is 2.72. The van der Waals surface area contributed by atoms with Crippen molar-refractivity contribution >= 4 is 22.4 Å². The van der Waals surface area contributed by atoms with E-state index in [9.17, 15) is 4.79 Å². The maximum Gasteiger partial charge on any atom is 0.226 e. The van der Waals surface area contributed by atoms with Gasteiger partial charge in [-0.2, -0.15) is 0 Å². The Kier molecular flexibility index (Phi) is 6.49. The van der Waals surface area contributed by atoms with Crippen molar-refractivity contribution in [1.29, 1.82) is 0 Å². The Balaban J connectivity index is 1.61. The predicted octanol–water partition coefficient (Wildman–Crippen LogP) is 4.41. The molecule has 3 aromatic rings. The Morgan fingerprint density at radius 3 is 2.61 bits per heavy atom. The van der Waals surface area contributed by atoms with Crippen LogP contribution in [0.25, 0.3) is 11.3 Å². The Morgan fingerprint density at radius 1 is 1.04 bits per heavy atom. The van der Waals surface area contributed by atoms with Crippen LogP contribution < -0.4 is 19.5 Å². The fraction of sp³-hybridized carbons (Fsp3) is 0.238. The van der Waals surface area contributed by atoms with E-state index >= 15 is 0 Å². The molecule has 7 heteroatoms. The van der Waals surface area contributed by atoms with Crippen LogP contribution in [0, 0.1) is 0 Å². The minimum absolute atomic E-state index is 0.0731. The second-order valence-electron chi connectivity index (χ2n) is 6.01. The van der Waals surface area contributed by atoms with Gasteiger partial charge in [0, 0.05) is 17.4 Å². The van der Waals surface area contributed by atoms with Crippen LogP contribution in [0.4, 0.5) is 5.13 Å². The number of benzene rings is 2. The molecule has 3 rings (SSSR count). The molecule has 1 heterocycles. The minimum atomic E-state index is -0.0731. The SMILES string of the molecule is COc1cccc(CCC(=O)Nc2nc(-c3ccc(OC)c(OC)c3)cs2)c1. The molecule has 1 aromatic heterocycles. The number of rotatable bonds is 8. The highest BCUT2D eigenvalue weighted by Crippen LogP contribution is 2.33. The topological polar surface area (TPSA) is 69.7 Å². The van der Waals surface area contributed by atoms with E-state index in [0.717, 1.165) is 22.6 Å². The number of carbonyl (C=O) groups is 1. The van der Waals surface area contributed by atoms with Gasteiger partial charge in [-0.1, -0.05) is 12.1 Å². The third-order valence-corrected chi connectivity index (χ3v) is 4.96. The third kappa shape index (κ3) is 4.80. The first-order valence-electron chi connectivity index (χ1n) is 8.73. The van der Waals surface area contributed by atoms with Crippen LogP contribution in [-0.2, 0) is 11.2 Å². The molecule has 0 aliphatic carbocycles. The molecule has 0 bridgehead atoms. The largest absolute Gasteiger partial charge is 0.497 e. The number of nitrogens with zero attached hydrogens (tertiary/aromatic N) is 1. The van der Waals surface area contributed by atoms with Crippen molar-refractivity contribution in [1.82, 2.24) is 4.98 Å². The molecule has 0 aliphatic heterocycles. The van der Waals surface area contributed by atoms with Crippen LogP contribution >= 0.6 is 11.3 Å². The normalized spacial score (nSPS) is 10.4. The molecule has 0 saturated heterocycles. The molecule has 0 radical (unpaired) electrons. The summed E-state index contributed by atoms with van der Waals surface area (Å²) < 4.78 is 15.8. The molecule has 1 amide bonds. The standard InChI is InChI=1S/C21H22N2O4S/c1-25-16-6-4-5-14(11-16)7-10-20(24)23-21-22-17(13-28-21)15-8-9-18(26-2)19(12-15)27-3/h4-6,8-9,11-13H,7,10H2,1-3H3,(H,22,23,24). The zero-order valence-corrected chi connectivity index (χ0v) is 16.8. The van der Waals surface area contributed by atoms with Crippen LogP contribution in [0.15, 0.2) is 47.8 Å². The van der Waals surface area contributed by atoms with Gasteiger partial charge in [0.15, 0.2) is 16.6 Å². The lowest BCUT2D eigenvalue weighted by atomic mass is 10.1. The van der Waals surface area contributed by atoms with Crippen molar-refractivity contribution in [2.45, 2.75) is 12.8 Å². The fourth-order valence-corrected chi connectivity index (χ4v) is 3.46. The highest BCUT2D eigenvalue weighted by molar-refractivity contribution is 7.14. The molecule has 0 unspecified atom stereocenters. The molecule has 0 aliphatic rings. The summed E-state index contributed by atoms with van der Waals surface area (Å²) in [6.07, 6.45) is 1.01. The van der Waals surface area contributed by atoms with Gasteiger partial charge in [-0.05, 0) is 42.3 Å². The van der Waals surface area contributed by atoms with E-state index in [-0.39, 0.29) is 5.91 Å². The fourth-order valence-electron chi connectivity index (χ4n) is 2.73. The van der Waals surface area contributed by atoms with Crippen LogP contribution in [0.2, 0.25) is 0 Å². The average molecular weight is 398 g/mol. The van der Waals surface area contributed by atoms with E-state index in [1.807, 2.05) is 47.8 Å². The summed E-state index contributed by atoms with van der Waals surface area (Å²) in [4.78, 5) is 16.8. The molecule has 0 atom stereocenters. The second kappa shape index (κ2) is 9.23. The van der Waals surface area contributed by atoms with Crippen molar-refractivity contribution in [3.8, 4) is 28.5 Å². The number of ether oxygens (including phenoxy) is 3. The van der Waals surface area contributed by atoms with Crippen LogP contribution in [0.1, 0.15) is 12.0 Å². The lowest BCUT2D eigenvalue weighted by Gasteiger charge is -2.08. The number of amides is 1. The number of anilines is 1. The molecular formula is C21H22N2O4S. The molecule has 0 fully saturated rings. The van der Waals surface area contributed by atoms with Crippen molar-refractivity contribution in [3.05, 3.63) is 53.4 Å². The molecule has 0 saturated carbocycles. The molecule has 0 spiro atoms. The highest BCUT2D eigenvalue weighted by atomic mass is 32.1. The molecular weight excluding hydrogens is 376 g/mol. The van der Waals surface area contributed by atoms with Gasteiger partial charge < -0.3 is 19.5 Å². The third-order valence-electron chi connectivity index (χ3n) is 4.20. The number of carbonyl (C=O) groups excluding carboxylic acids is 1. The first kappa shape index (κ1) is 19.7. The van der Waals surface area contributed by atoms with Crippen molar-refractivity contribution in [3.63, 3.8) is 0 Å². The molecule has 146 valence electrons. The van der Waals surface area contributed by atoms with Gasteiger partial charge in [0.1, 0.15) is 5.75 Å². The summed E-state index contributed by atoms with van der Waals surface area (Å²) in [6.45, 7) is 0. The number of hydrogen-bond acceptors (Lipinski definition) is 6. The van der Waals surface area contributed by atoms with Crippen molar-refractivity contribution in [2.75, 3.05) is 26.6 Å². The second-order valence-corrected chi connectivity index (χ2v) is 6.87. The number of methoxy groups -OCH3 is 3. The maximum atomic E-state index is 12.3. The van der Waals surface area contributed by atoms with E-state index in [1.54, 1.807) is 21.3 Å². The van der Waals surface area contributed by atoms with Crippen LogP contribution in [0.3, 0.4) is 0 Å². The number of aryl methyl sites for hydroxylation is 1. The Labute approximate surface area is 168 Å². The quantitative estimate of drug-likeness (QED) is 0.609. The van der Waals surface area contributed by atoms with Crippen molar-refractivity contribution in [2.24, 2.45) is 0 Å². The number of thiazole rings is 1. The summed E-state index contributed by atoms with van der Waals surface area (Å²) in [5.74, 6) is 2.01. The smallest absolute Gasteiger partial charge is 0.226 e. The first-order valence-corrected chi connectivity index (χ1v) is 9.61. The Morgan fingerprint density at radius 2 is 1.86 bits per heavy atom. The monoisotopic (exact) mass is 398 g/mol. The molecule has 2 aromatic carbocycles. The van der Waals surface area contributed by atoms with Gasteiger partial charge in [-0.3, -0.25) is 4.79 Å². The zero-order chi connectivity index (χ0) is 19.9. The summed E-state index contributed by atoms with van der Waals surface area (Å²) in [5, 5.41) is 5.33. The molecule has 28 heavy (non-hydrogen) atoms. The van der Waals surface area contributed by atoms with E-state index < -0.39 is 0 Å². The molecule has 6 nitrogen and oxygen atoms in total. The van der Waals surface area contributed by atoms with Crippen molar-refractivity contribution < 1.29 is 19.0 Å². The summed E-state index contributed by atoms with van der Waals surface area (Å²) >= 11 is 1.39. The van der Waals surface area contributed by atoms with Gasteiger partial charge in [-0.15, -0.1) is 11.3 Å². The first-order chi connectivity index (χ1) is 13.6. The van der Waals surface area contributed by atoms with E-state index in [4.69, 9.17) is 14.2 Å². The average Bonchev–Trinajstić information content (AvgIpc) is 3.20. The van der Waals surface area contributed by atoms with Gasteiger partial charge >= 0.3 is 0 Å². The minimum Gasteiger partial charge on any atom is -0.497 e. The van der Waals surface area contributed by atoms with E-state index in [0.29, 0.717) is 29.5 Å².